The molecule has 0 heteroatoms. The Balaban J connectivity index is 1.48. The van der Waals surface area contributed by atoms with Crippen LogP contribution in [0.2, 0.25) is 0 Å². The maximum absolute atomic E-state index is 2.54. The van der Waals surface area contributed by atoms with Gasteiger partial charge in [0.05, 0.1) is 0 Å². The second kappa shape index (κ2) is 3.30. The molecule has 0 spiro atoms. The first-order valence-electron chi connectivity index (χ1n) is 8.35. The lowest BCUT2D eigenvalue weighted by Gasteiger charge is -2.19. The summed E-state index contributed by atoms with van der Waals surface area (Å²) in [5.74, 6) is 6.57. The Bertz CT molecular complexity index is 585. The lowest BCUT2D eigenvalue weighted by Crippen LogP contribution is -2.12. The van der Waals surface area contributed by atoms with E-state index in [4.69, 9.17) is 0 Å². The van der Waals surface area contributed by atoms with Crippen LogP contribution in [0.25, 0.3) is 0 Å². The summed E-state index contributed by atoms with van der Waals surface area (Å²) in [6.07, 6.45) is 22.7. The van der Waals surface area contributed by atoms with E-state index >= 15 is 0 Å². The molecule has 8 atom stereocenters. The number of rotatable bonds is 0. The molecule has 0 aromatic heterocycles. The zero-order valence-electron chi connectivity index (χ0n) is 11.7. The normalized spacial score (nSPS) is 59.2. The molecule has 0 saturated heterocycles. The molecule has 0 nitrogen and oxygen atoms in total. The minimum Gasteiger partial charge on any atom is -0.0842 e. The topological polar surface area (TPSA) is 0 Å². The van der Waals surface area contributed by atoms with Gasteiger partial charge in [-0.05, 0) is 48.3 Å². The summed E-state index contributed by atoms with van der Waals surface area (Å²) in [4.78, 5) is 0. The Kier molecular flexibility index (Phi) is 1.72. The van der Waals surface area contributed by atoms with Crippen molar-refractivity contribution >= 4 is 0 Å². The number of hydrogen-bond donors (Lipinski definition) is 0. The molecule has 0 aliphatic heterocycles. The van der Waals surface area contributed by atoms with Gasteiger partial charge in [0.25, 0.3) is 0 Å². The average molecular weight is 260 g/mol. The molecule has 0 heterocycles. The van der Waals surface area contributed by atoms with Gasteiger partial charge >= 0.3 is 0 Å². The van der Waals surface area contributed by atoms with E-state index in [1.165, 1.54) is 12.8 Å². The van der Waals surface area contributed by atoms with Crippen LogP contribution in [0.5, 0.6) is 0 Å². The molecule has 20 heavy (non-hydrogen) atoms. The van der Waals surface area contributed by atoms with Gasteiger partial charge in [0.15, 0.2) is 0 Å². The largest absolute Gasteiger partial charge is 0.0842 e. The summed E-state index contributed by atoms with van der Waals surface area (Å²) < 4.78 is 0. The van der Waals surface area contributed by atoms with Crippen molar-refractivity contribution in [2.75, 3.05) is 0 Å². The van der Waals surface area contributed by atoms with Gasteiger partial charge in [-0.2, -0.15) is 0 Å². The van der Waals surface area contributed by atoms with Gasteiger partial charge in [0.1, 0.15) is 0 Å². The van der Waals surface area contributed by atoms with E-state index in [0.29, 0.717) is 0 Å². The molecular weight excluding hydrogens is 240 g/mol. The zero-order valence-corrected chi connectivity index (χ0v) is 11.7. The Hall–Kier alpha value is -1.30. The van der Waals surface area contributed by atoms with Gasteiger partial charge in [-0.3, -0.25) is 0 Å². The summed E-state index contributed by atoms with van der Waals surface area (Å²) in [6.45, 7) is 0. The highest BCUT2D eigenvalue weighted by molar-refractivity contribution is 5.44. The quantitative estimate of drug-likeness (QED) is 0.570. The Morgan fingerprint density at radius 2 is 1.00 bits per heavy atom. The highest BCUT2D eigenvalue weighted by Gasteiger charge is 2.51. The first-order chi connectivity index (χ1) is 9.90. The van der Waals surface area contributed by atoms with Crippen molar-refractivity contribution in [2.45, 2.75) is 12.8 Å². The molecule has 0 bridgehead atoms. The predicted octanol–water partition coefficient (Wildman–Crippen LogP) is 4.30. The second-order valence-corrected chi connectivity index (χ2v) is 7.69. The molecule has 6 aliphatic rings. The van der Waals surface area contributed by atoms with Crippen LogP contribution in [0.4, 0.5) is 0 Å². The summed E-state index contributed by atoms with van der Waals surface area (Å²) in [7, 11) is 0. The Labute approximate surface area is 120 Å². The van der Waals surface area contributed by atoms with Gasteiger partial charge in [-0.25, -0.2) is 0 Å². The fourth-order valence-corrected chi connectivity index (χ4v) is 6.35. The molecule has 0 aromatic carbocycles. The van der Waals surface area contributed by atoms with Crippen molar-refractivity contribution < 1.29 is 0 Å². The monoisotopic (exact) mass is 260 g/mol. The van der Waals surface area contributed by atoms with Gasteiger partial charge < -0.3 is 0 Å². The van der Waals surface area contributed by atoms with Crippen molar-refractivity contribution in [1.82, 2.24) is 0 Å². The van der Waals surface area contributed by atoms with Crippen molar-refractivity contribution in [3.8, 4) is 0 Å². The van der Waals surface area contributed by atoms with E-state index in [0.717, 1.165) is 47.3 Å². The molecule has 6 aliphatic carbocycles. The lowest BCUT2D eigenvalue weighted by molar-refractivity contribution is 0.402. The summed E-state index contributed by atoms with van der Waals surface area (Å²) in [5, 5.41) is 0. The smallest absolute Gasteiger partial charge is 0.00227 e. The van der Waals surface area contributed by atoms with Crippen LogP contribution >= 0.6 is 0 Å². The molecular formula is C20H20. The molecule has 0 amide bonds. The molecule has 0 unspecified atom stereocenters. The van der Waals surface area contributed by atoms with Crippen LogP contribution in [0.3, 0.4) is 0 Å². The first-order valence-corrected chi connectivity index (χ1v) is 8.35. The van der Waals surface area contributed by atoms with Crippen LogP contribution in [0.1, 0.15) is 12.8 Å². The summed E-state index contributed by atoms with van der Waals surface area (Å²) in [5.41, 5.74) is 3.70. The minimum atomic E-state index is 0.760. The van der Waals surface area contributed by atoms with Gasteiger partial charge in [0, 0.05) is 11.8 Å². The minimum absolute atomic E-state index is 0.760. The van der Waals surface area contributed by atoms with Crippen molar-refractivity contribution in [3.05, 3.63) is 59.8 Å². The fourth-order valence-electron chi connectivity index (χ4n) is 6.35. The van der Waals surface area contributed by atoms with Crippen LogP contribution in [-0.4, -0.2) is 0 Å². The van der Waals surface area contributed by atoms with Gasteiger partial charge in [0.2, 0.25) is 0 Å². The standard InChI is InChI=1S/C20H20/c1-3-13-9-17(15-7-5-11(1)19(13)15)18-10-14-4-2-12-6-8-16(18)20(12)14/h1-8,11-16,19-20H,9-10H2/b18-17-/t11-,12+,13+,14-,15-,16-,19+,20-/m0/s1. The molecule has 2 fully saturated rings. The molecule has 0 N–H and O–H groups in total. The molecule has 6 rings (SSSR count). The third-order valence-corrected chi connectivity index (χ3v) is 7.08. The van der Waals surface area contributed by atoms with E-state index in [-0.39, 0.29) is 0 Å². The highest BCUT2D eigenvalue weighted by Crippen LogP contribution is 2.61. The van der Waals surface area contributed by atoms with Gasteiger partial charge in [-0.1, -0.05) is 59.8 Å². The number of hydrogen-bond acceptors (Lipinski definition) is 0. The van der Waals surface area contributed by atoms with Crippen LogP contribution < -0.4 is 0 Å². The van der Waals surface area contributed by atoms with Crippen LogP contribution in [0.15, 0.2) is 59.8 Å². The van der Waals surface area contributed by atoms with Crippen molar-refractivity contribution in [3.63, 3.8) is 0 Å². The fraction of sp³-hybridized carbons (Fsp3) is 0.500. The molecule has 100 valence electrons. The maximum Gasteiger partial charge on any atom is 0.00227 e. The molecule has 0 aromatic rings. The van der Waals surface area contributed by atoms with Crippen molar-refractivity contribution in [1.29, 1.82) is 0 Å². The van der Waals surface area contributed by atoms with E-state index < -0.39 is 0 Å². The van der Waals surface area contributed by atoms with E-state index in [1.807, 2.05) is 11.1 Å². The van der Waals surface area contributed by atoms with E-state index in [1.54, 1.807) is 0 Å². The Morgan fingerprint density at radius 1 is 0.550 bits per heavy atom. The number of allylic oxidation sites excluding steroid dienone is 10. The molecule has 2 saturated carbocycles. The van der Waals surface area contributed by atoms with E-state index in [9.17, 15) is 0 Å². The summed E-state index contributed by atoms with van der Waals surface area (Å²) >= 11 is 0. The van der Waals surface area contributed by atoms with Crippen LogP contribution in [-0.2, 0) is 0 Å². The third-order valence-electron chi connectivity index (χ3n) is 7.08. The Morgan fingerprint density at radius 3 is 1.50 bits per heavy atom. The van der Waals surface area contributed by atoms with Crippen LogP contribution in [0, 0.1) is 47.3 Å². The molecule has 0 radical (unpaired) electrons. The van der Waals surface area contributed by atoms with Gasteiger partial charge in [-0.15, -0.1) is 0 Å². The van der Waals surface area contributed by atoms with Crippen molar-refractivity contribution in [2.24, 2.45) is 47.3 Å². The maximum atomic E-state index is 2.54. The predicted molar refractivity (Wildman–Crippen MR) is 80.7 cm³/mol. The summed E-state index contributed by atoms with van der Waals surface area (Å²) in [6, 6.07) is 0. The third kappa shape index (κ3) is 1.05. The SMILES string of the molecule is C1=C[C@@H]2C/C(=C3\C[C@@H]4C=C[C@@H]5C=C[C@@H]3[C@@H]54)[C@@H]3C=C[C@H]1[C@H]23. The van der Waals surface area contributed by atoms with E-state index in [2.05, 4.69) is 48.6 Å². The highest BCUT2D eigenvalue weighted by atomic mass is 14.6. The average Bonchev–Trinajstić information content (AvgIpc) is 3.18. The second-order valence-electron chi connectivity index (χ2n) is 7.69. The lowest BCUT2D eigenvalue weighted by atomic mass is 9.85. The zero-order chi connectivity index (χ0) is 12.8. The first kappa shape index (κ1) is 10.4.